The second kappa shape index (κ2) is 6.93. The lowest BCUT2D eigenvalue weighted by atomic mass is 9.67. The van der Waals surface area contributed by atoms with Crippen molar-refractivity contribution in [3.63, 3.8) is 0 Å². The fraction of sp³-hybridized carbons (Fsp3) is 0.323. The van der Waals surface area contributed by atoms with Gasteiger partial charge in [0.15, 0.2) is 5.69 Å². The second-order valence-electron chi connectivity index (χ2n) is 10.1. The van der Waals surface area contributed by atoms with Crippen molar-refractivity contribution < 1.29 is 4.57 Å². The van der Waals surface area contributed by atoms with E-state index in [4.69, 9.17) is 0 Å². The third kappa shape index (κ3) is 2.47. The van der Waals surface area contributed by atoms with Crippen LogP contribution in [0.15, 0.2) is 60.8 Å². The molecule has 0 saturated heterocycles. The summed E-state index contributed by atoms with van der Waals surface area (Å²) in [5.74, 6) is 0. The number of aromatic nitrogens is 2. The molecular weight excluding hydrogens is 400 g/mol. The molecule has 0 saturated carbocycles. The monoisotopic (exact) mass is 433 g/mol. The minimum atomic E-state index is 0.134. The van der Waals surface area contributed by atoms with E-state index in [1.165, 1.54) is 60.8 Å². The average molecular weight is 434 g/mol. The summed E-state index contributed by atoms with van der Waals surface area (Å²) < 4.78 is 5.16. The number of rotatable bonds is 3. The normalized spacial score (nSPS) is 17.0. The highest BCUT2D eigenvalue weighted by Crippen LogP contribution is 2.49. The van der Waals surface area contributed by atoms with Gasteiger partial charge in [0, 0.05) is 21.8 Å². The van der Waals surface area contributed by atoms with Crippen LogP contribution in [0.3, 0.4) is 0 Å². The lowest BCUT2D eigenvalue weighted by molar-refractivity contribution is -0.705. The fourth-order valence-corrected chi connectivity index (χ4v) is 6.86. The summed E-state index contributed by atoms with van der Waals surface area (Å²) in [6, 6.07) is 21.0. The number of pyridine rings is 1. The standard InChI is InChI=1S/C31H33N2/c1-7-31(8-2)22(6)32-18-27(28-20(4)11-9-12-21(28)5)33-26-16-15-19(3)17-24(26)23-13-10-14-25(31)29(23)30(32)33/h9-18,22H,7-8H2,1-6H3/q+1. The van der Waals surface area contributed by atoms with Crippen molar-refractivity contribution in [3.8, 4) is 11.3 Å². The van der Waals surface area contributed by atoms with Crippen LogP contribution in [0.1, 0.15) is 61.9 Å². The van der Waals surface area contributed by atoms with Crippen molar-refractivity contribution in [1.29, 1.82) is 0 Å². The highest BCUT2D eigenvalue weighted by atomic mass is 15.2. The lowest BCUT2D eigenvalue weighted by Gasteiger charge is -2.39. The molecule has 0 radical (unpaired) electrons. The molecule has 0 amide bonds. The van der Waals surface area contributed by atoms with Gasteiger partial charge in [-0.15, -0.1) is 0 Å². The maximum absolute atomic E-state index is 2.60. The van der Waals surface area contributed by atoms with Crippen LogP contribution in [0.25, 0.3) is 38.6 Å². The molecule has 1 aliphatic heterocycles. The molecule has 1 atom stereocenters. The van der Waals surface area contributed by atoms with Crippen LogP contribution in [-0.2, 0) is 5.41 Å². The maximum Gasteiger partial charge on any atom is 0.295 e. The van der Waals surface area contributed by atoms with Crippen LogP contribution in [0.4, 0.5) is 0 Å². The van der Waals surface area contributed by atoms with Gasteiger partial charge < -0.3 is 0 Å². The van der Waals surface area contributed by atoms with Gasteiger partial charge in [-0.25, -0.2) is 4.57 Å². The number of hydrogen-bond acceptors (Lipinski definition) is 0. The van der Waals surface area contributed by atoms with E-state index >= 15 is 0 Å². The first-order valence-corrected chi connectivity index (χ1v) is 12.4. The Labute approximate surface area is 196 Å². The Hall–Kier alpha value is -3.13. The Morgan fingerprint density at radius 3 is 2.27 bits per heavy atom. The number of benzene rings is 3. The third-order valence-corrected chi connectivity index (χ3v) is 8.68. The molecule has 1 unspecified atom stereocenters. The molecule has 5 aromatic rings. The molecule has 3 heterocycles. The van der Waals surface area contributed by atoms with Crippen LogP contribution in [0, 0.1) is 20.8 Å². The Kier molecular flexibility index (Phi) is 4.30. The highest BCUT2D eigenvalue weighted by Gasteiger charge is 2.46. The molecule has 0 N–H and O–H groups in total. The van der Waals surface area contributed by atoms with Crippen LogP contribution in [0.2, 0.25) is 0 Å². The number of aryl methyl sites for hydroxylation is 3. The average Bonchev–Trinajstić information content (AvgIpc) is 3.20. The van der Waals surface area contributed by atoms with Gasteiger partial charge in [0.25, 0.3) is 5.65 Å². The summed E-state index contributed by atoms with van der Waals surface area (Å²) in [6.45, 7) is 13.9. The van der Waals surface area contributed by atoms with E-state index in [9.17, 15) is 0 Å². The van der Waals surface area contributed by atoms with E-state index in [2.05, 4.69) is 111 Å². The SMILES string of the molecule is CCC1(CC)c2cccc3c4cc(C)ccc4n4c(-c5c(C)cccc5C)c[n+](c4c23)C1C. The van der Waals surface area contributed by atoms with Crippen molar-refractivity contribution in [2.45, 2.75) is 65.8 Å². The summed E-state index contributed by atoms with van der Waals surface area (Å²) in [7, 11) is 0. The molecule has 2 aromatic heterocycles. The molecule has 0 aliphatic carbocycles. The quantitative estimate of drug-likeness (QED) is 0.203. The zero-order valence-corrected chi connectivity index (χ0v) is 20.7. The first-order valence-electron chi connectivity index (χ1n) is 12.4. The third-order valence-electron chi connectivity index (χ3n) is 8.68. The predicted molar refractivity (Wildman–Crippen MR) is 139 cm³/mol. The summed E-state index contributed by atoms with van der Waals surface area (Å²) in [5, 5.41) is 4.18. The van der Waals surface area contributed by atoms with Crippen LogP contribution < -0.4 is 4.57 Å². The van der Waals surface area contributed by atoms with E-state index < -0.39 is 0 Å². The van der Waals surface area contributed by atoms with Crippen LogP contribution >= 0.6 is 0 Å². The molecule has 166 valence electrons. The van der Waals surface area contributed by atoms with Gasteiger partial charge in [-0.05, 0) is 69.4 Å². The van der Waals surface area contributed by atoms with Crippen molar-refractivity contribution in [2.75, 3.05) is 0 Å². The van der Waals surface area contributed by atoms with Gasteiger partial charge in [-0.2, -0.15) is 4.40 Å². The molecule has 2 nitrogen and oxygen atoms in total. The van der Waals surface area contributed by atoms with Gasteiger partial charge in [0.05, 0.1) is 5.39 Å². The molecule has 0 spiro atoms. The minimum absolute atomic E-state index is 0.134. The first kappa shape index (κ1) is 20.5. The Morgan fingerprint density at radius 2 is 1.58 bits per heavy atom. The number of nitrogens with zero attached hydrogens (tertiary/aromatic N) is 2. The van der Waals surface area contributed by atoms with Gasteiger partial charge >= 0.3 is 0 Å². The minimum Gasteiger partial charge on any atom is -0.226 e. The Bertz CT molecular complexity index is 1560. The van der Waals surface area contributed by atoms with E-state index in [1.54, 1.807) is 0 Å². The van der Waals surface area contributed by atoms with Crippen molar-refractivity contribution in [3.05, 3.63) is 83.0 Å². The summed E-state index contributed by atoms with van der Waals surface area (Å²) in [6.07, 6.45) is 4.72. The van der Waals surface area contributed by atoms with Crippen molar-refractivity contribution in [2.24, 2.45) is 0 Å². The van der Waals surface area contributed by atoms with Gasteiger partial charge in [-0.1, -0.05) is 61.9 Å². The Morgan fingerprint density at radius 1 is 0.879 bits per heavy atom. The largest absolute Gasteiger partial charge is 0.295 e. The second-order valence-corrected chi connectivity index (χ2v) is 10.1. The fourth-order valence-electron chi connectivity index (χ4n) is 6.86. The van der Waals surface area contributed by atoms with Gasteiger partial charge in [0.2, 0.25) is 0 Å². The molecule has 0 bridgehead atoms. The molecule has 33 heavy (non-hydrogen) atoms. The number of hydrogen-bond donors (Lipinski definition) is 0. The predicted octanol–water partition coefficient (Wildman–Crippen LogP) is 7.76. The summed E-state index contributed by atoms with van der Waals surface area (Å²) in [5.41, 5.74) is 10.9. The first-order chi connectivity index (χ1) is 15.9. The molecular formula is C31H33N2+. The van der Waals surface area contributed by atoms with Crippen molar-refractivity contribution >= 4 is 27.3 Å². The molecule has 0 fully saturated rings. The summed E-state index contributed by atoms with van der Waals surface area (Å²) in [4.78, 5) is 0. The van der Waals surface area contributed by atoms with Gasteiger partial charge in [-0.3, -0.25) is 0 Å². The van der Waals surface area contributed by atoms with E-state index in [0.29, 0.717) is 6.04 Å². The maximum atomic E-state index is 2.60. The molecule has 3 aromatic carbocycles. The zero-order valence-electron chi connectivity index (χ0n) is 20.7. The van der Waals surface area contributed by atoms with Crippen LogP contribution in [0.5, 0.6) is 0 Å². The smallest absolute Gasteiger partial charge is 0.226 e. The van der Waals surface area contributed by atoms with E-state index in [-0.39, 0.29) is 5.41 Å². The van der Waals surface area contributed by atoms with Gasteiger partial charge in [0.1, 0.15) is 17.8 Å². The van der Waals surface area contributed by atoms with Crippen LogP contribution in [-0.4, -0.2) is 4.40 Å². The lowest BCUT2D eigenvalue weighted by Crippen LogP contribution is -2.52. The number of fused-ring (bicyclic) bond motifs is 3. The van der Waals surface area contributed by atoms with E-state index in [1.807, 2.05) is 0 Å². The highest BCUT2D eigenvalue weighted by molar-refractivity contribution is 6.13. The molecule has 2 heteroatoms. The molecule has 1 aliphatic rings. The number of imidazole rings is 1. The van der Waals surface area contributed by atoms with E-state index in [0.717, 1.165) is 12.8 Å². The van der Waals surface area contributed by atoms with Crippen molar-refractivity contribution in [1.82, 2.24) is 4.40 Å². The Balaban J connectivity index is 1.94. The summed E-state index contributed by atoms with van der Waals surface area (Å²) >= 11 is 0. The molecule has 6 rings (SSSR count). The topological polar surface area (TPSA) is 8.29 Å². The zero-order chi connectivity index (χ0) is 23.1.